The number of rotatable bonds is 3. The van der Waals surface area contributed by atoms with Crippen molar-refractivity contribution in [1.29, 1.82) is 0 Å². The van der Waals surface area contributed by atoms with Crippen molar-refractivity contribution in [2.75, 3.05) is 10.7 Å². The highest BCUT2D eigenvalue weighted by Gasteiger charge is 2.05. The fraction of sp³-hybridized carbons (Fsp3) is 0. The van der Waals surface area contributed by atoms with Crippen LogP contribution in [-0.4, -0.2) is 21.4 Å². The monoisotopic (exact) mass is 280 g/mol. The topological polar surface area (TPSA) is 91.8 Å². The van der Waals surface area contributed by atoms with Crippen LogP contribution < -0.4 is 16.2 Å². The molecule has 2 amide bonds. The first-order valence-electron chi connectivity index (χ1n) is 6.29. The van der Waals surface area contributed by atoms with Gasteiger partial charge in [-0.3, -0.25) is 5.43 Å². The van der Waals surface area contributed by atoms with Crippen LogP contribution in [0.25, 0.3) is 10.9 Å². The lowest BCUT2D eigenvalue weighted by Crippen LogP contribution is -2.34. The average Bonchev–Trinajstić information content (AvgIpc) is 2.54. The van der Waals surface area contributed by atoms with Gasteiger partial charge in [0.15, 0.2) is 5.82 Å². The van der Waals surface area contributed by atoms with E-state index in [1.165, 1.54) is 0 Å². The lowest BCUT2D eigenvalue weighted by molar-refractivity contribution is 0.254. The Morgan fingerprint density at radius 1 is 0.905 bits per heavy atom. The number of para-hydroxylation sites is 1. The van der Waals surface area contributed by atoms with Gasteiger partial charge in [-0.25, -0.2) is 10.2 Å². The van der Waals surface area contributed by atoms with E-state index in [0.29, 0.717) is 17.0 Å². The Kier molecular flexibility index (Phi) is 3.55. The number of nitrogens with one attached hydrogen (secondary N) is 3. The molecule has 21 heavy (non-hydrogen) atoms. The smallest absolute Gasteiger partial charge is 0.307 e. The van der Waals surface area contributed by atoms with Crippen LogP contribution in [0.5, 0.6) is 0 Å². The van der Waals surface area contributed by atoms with Crippen molar-refractivity contribution < 1.29 is 4.79 Å². The number of benzene rings is 2. The highest BCUT2D eigenvalue weighted by Crippen LogP contribution is 2.16. The maximum Gasteiger partial charge on any atom is 0.337 e. The zero-order valence-corrected chi connectivity index (χ0v) is 10.9. The molecule has 0 saturated carbocycles. The lowest BCUT2D eigenvalue weighted by Gasteiger charge is -2.09. The normalized spacial score (nSPS) is 10.1. The summed E-state index contributed by atoms with van der Waals surface area (Å²) in [4.78, 5) is 11.8. The van der Waals surface area contributed by atoms with Gasteiger partial charge in [0.25, 0.3) is 0 Å². The molecule has 2 aromatic carbocycles. The van der Waals surface area contributed by atoms with Crippen LogP contribution in [0.2, 0.25) is 0 Å². The van der Waals surface area contributed by atoms with Crippen molar-refractivity contribution in [3.63, 3.8) is 0 Å². The largest absolute Gasteiger partial charge is 0.337 e. The molecule has 0 aliphatic rings. The van der Waals surface area contributed by atoms with E-state index in [2.05, 4.69) is 31.6 Å². The summed E-state index contributed by atoms with van der Waals surface area (Å²) in [5.41, 5.74) is 6.63. The second kappa shape index (κ2) is 5.83. The third kappa shape index (κ3) is 3.03. The molecule has 0 saturated heterocycles. The molecule has 0 fully saturated rings. The summed E-state index contributed by atoms with van der Waals surface area (Å²) in [7, 11) is 0. The molecule has 0 aliphatic carbocycles. The molecule has 0 bridgehead atoms. The fourth-order valence-corrected chi connectivity index (χ4v) is 1.82. The summed E-state index contributed by atoms with van der Waals surface area (Å²) in [5, 5.41) is 14.9. The first-order valence-corrected chi connectivity index (χ1v) is 6.29. The average molecular weight is 280 g/mol. The molecule has 0 atom stereocenters. The van der Waals surface area contributed by atoms with Gasteiger partial charge in [0.1, 0.15) is 0 Å². The SMILES string of the molecule is O=C(NNc1nnnc2ccccc12)Nc1ccccc1. The van der Waals surface area contributed by atoms with Gasteiger partial charge >= 0.3 is 6.03 Å². The molecule has 3 aromatic rings. The molecule has 0 spiro atoms. The third-order valence-corrected chi connectivity index (χ3v) is 2.78. The molecule has 3 N–H and O–H groups in total. The van der Waals surface area contributed by atoms with Crippen molar-refractivity contribution in [3.05, 3.63) is 54.6 Å². The number of carbonyl (C=O) groups excluding carboxylic acids is 1. The van der Waals surface area contributed by atoms with Gasteiger partial charge in [0, 0.05) is 11.1 Å². The number of carbonyl (C=O) groups is 1. The summed E-state index contributed by atoms with van der Waals surface area (Å²) in [6.07, 6.45) is 0. The summed E-state index contributed by atoms with van der Waals surface area (Å²) >= 11 is 0. The van der Waals surface area contributed by atoms with Gasteiger partial charge in [-0.2, -0.15) is 0 Å². The Morgan fingerprint density at radius 3 is 2.52 bits per heavy atom. The van der Waals surface area contributed by atoms with E-state index in [9.17, 15) is 4.79 Å². The highest BCUT2D eigenvalue weighted by atomic mass is 16.2. The molecule has 0 unspecified atom stereocenters. The summed E-state index contributed by atoms with van der Waals surface area (Å²) in [6, 6.07) is 16.1. The third-order valence-electron chi connectivity index (χ3n) is 2.78. The maximum atomic E-state index is 11.8. The summed E-state index contributed by atoms with van der Waals surface area (Å²) in [5.74, 6) is 0.434. The van der Waals surface area contributed by atoms with Crippen molar-refractivity contribution in [2.45, 2.75) is 0 Å². The van der Waals surface area contributed by atoms with E-state index in [0.717, 1.165) is 5.39 Å². The van der Waals surface area contributed by atoms with Gasteiger partial charge in [-0.1, -0.05) is 30.3 Å². The Labute approximate surface area is 120 Å². The zero-order valence-electron chi connectivity index (χ0n) is 10.9. The second-order valence-corrected chi connectivity index (χ2v) is 4.23. The van der Waals surface area contributed by atoms with Crippen molar-refractivity contribution in [3.8, 4) is 0 Å². The number of nitrogens with zero attached hydrogens (tertiary/aromatic N) is 3. The Bertz CT molecular complexity index is 756. The van der Waals surface area contributed by atoms with Crippen LogP contribution >= 0.6 is 0 Å². The zero-order chi connectivity index (χ0) is 14.5. The maximum absolute atomic E-state index is 11.8. The van der Waals surface area contributed by atoms with E-state index < -0.39 is 6.03 Å². The lowest BCUT2D eigenvalue weighted by atomic mass is 10.2. The minimum Gasteiger partial charge on any atom is -0.307 e. The standard InChI is InChI=1S/C14H12N6O/c21-14(15-10-6-2-1-3-7-10)19-17-13-11-8-4-5-9-12(11)16-20-18-13/h1-9H,(H2,15,19,21)(H,16,17,18). The first kappa shape index (κ1) is 12.8. The van der Waals surface area contributed by atoms with E-state index in [1.54, 1.807) is 12.1 Å². The quantitative estimate of drug-likeness (QED) is 0.639. The van der Waals surface area contributed by atoms with Crippen LogP contribution in [0.1, 0.15) is 0 Å². The van der Waals surface area contributed by atoms with Crippen LogP contribution in [0.15, 0.2) is 54.6 Å². The number of hydrogen-bond donors (Lipinski definition) is 3. The number of anilines is 2. The van der Waals surface area contributed by atoms with Gasteiger partial charge in [-0.15, -0.1) is 10.2 Å². The molecule has 1 heterocycles. The fourth-order valence-electron chi connectivity index (χ4n) is 1.82. The molecular formula is C14H12N6O. The molecular weight excluding hydrogens is 268 g/mol. The van der Waals surface area contributed by atoms with E-state index in [4.69, 9.17) is 0 Å². The number of aromatic nitrogens is 3. The van der Waals surface area contributed by atoms with E-state index in [1.807, 2.05) is 42.5 Å². The van der Waals surface area contributed by atoms with Crippen LogP contribution in [0.3, 0.4) is 0 Å². The van der Waals surface area contributed by atoms with Gasteiger partial charge in [0.05, 0.1) is 5.52 Å². The number of fused-ring (bicyclic) bond motifs is 1. The Hall–Kier alpha value is -3.22. The van der Waals surface area contributed by atoms with E-state index >= 15 is 0 Å². The summed E-state index contributed by atoms with van der Waals surface area (Å²) < 4.78 is 0. The Morgan fingerprint density at radius 2 is 1.67 bits per heavy atom. The predicted molar refractivity (Wildman–Crippen MR) is 79.6 cm³/mol. The minimum atomic E-state index is -0.399. The van der Waals surface area contributed by atoms with Crippen LogP contribution in [-0.2, 0) is 0 Å². The molecule has 0 radical (unpaired) electrons. The highest BCUT2D eigenvalue weighted by molar-refractivity contribution is 5.92. The van der Waals surface area contributed by atoms with Crippen molar-refractivity contribution in [1.82, 2.24) is 20.8 Å². The van der Waals surface area contributed by atoms with Crippen LogP contribution in [0.4, 0.5) is 16.3 Å². The predicted octanol–water partition coefficient (Wildman–Crippen LogP) is 2.17. The minimum absolute atomic E-state index is 0.399. The number of urea groups is 1. The number of amides is 2. The number of hydrogen-bond acceptors (Lipinski definition) is 5. The summed E-state index contributed by atoms with van der Waals surface area (Å²) in [6.45, 7) is 0. The van der Waals surface area contributed by atoms with Gasteiger partial charge in [0.2, 0.25) is 0 Å². The number of hydrazine groups is 1. The molecule has 1 aromatic heterocycles. The molecule has 7 nitrogen and oxygen atoms in total. The van der Waals surface area contributed by atoms with Crippen LogP contribution in [0, 0.1) is 0 Å². The Balaban J connectivity index is 1.68. The van der Waals surface area contributed by atoms with Crippen molar-refractivity contribution >= 4 is 28.4 Å². The molecule has 0 aliphatic heterocycles. The second-order valence-electron chi connectivity index (χ2n) is 4.23. The van der Waals surface area contributed by atoms with E-state index in [-0.39, 0.29) is 0 Å². The van der Waals surface area contributed by atoms with Gasteiger partial charge < -0.3 is 5.32 Å². The molecule has 7 heteroatoms. The van der Waals surface area contributed by atoms with Gasteiger partial charge in [-0.05, 0) is 29.5 Å². The molecule has 3 rings (SSSR count). The first-order chi connectivity index (χ1) is 10.3. The molecule has 104 valence electrons. The van der Waals surface area contributed by atoms with Crippen molar-refractivity contribution in [2.24, 2.45) is 0 Å².